The molecule has 0 spiro atoms. The Morgan fingerprint density at radius 3 is 2.64 bits per heavy atom. The molecule has 6 nitrogen and oxygen atoms in total. The molecule has 1 atom stereocenters. The number of nitrogens with zero attached hydrogens (tertiary/aromatic N) is 1. The fourth-order valence-electron chi connectivity index (χ4n) is 2.75. The maximum Gasteiger partial charge on any atom is 0.271 e. The van der Waals surface area contributed by atoms with Crippen molar-refractivity contribution in [2.45, 2.75) is 27.2 Å². The van der Waals surface area contributed by atoms with Crippen LogP contribution in [0.25, 0.3) is 0 Å². The van der Waals surface area contributed by atoms with Gasteiger partial charge >= 0.3 is 0 Å². The summed E-state index contributed by atoms with van der Waals surface area (Å²) in [4.78, 5) is 12.2. The Balaban J connectivity index is 1.47. The van der Waals surface area contributed by atoms with Crippen LogP contribution in [-0.2, 0) is 6.42 Å². The molecule has 1 N–H and O–H groups in total. The van der Waals surface area contributed by atoms with Crippen molar-refractivity contribution in [3.05, 3.63) is 53.6 Å². The quantitative estimate of drug-likeness (QED) is 0.552. The van der Waals surface area contributed by atoms with E-state index in [-0.39, 0.29) is 18.6 Å². The van der Waals surface area contributed by atoms with Crippen LogP contribution < -0.4 is 19.6 Å². The molecule has 1 aliphatic rings. The van der Waals surface area contributed by atoms with Crippen LogP contribution in [0.2, 0.25) is 0 Å². The average Bonchev–Trinajstić information content (AvgIpc) is 3.14. The van der Waals surface area contributed by atoms with E-state index in [0.29, 0.717) is 18.1 Å². The van der Waals surface area contributed by atoms with Gasteiger partial charge in [-0.15, -0.1) is 0 Å². The Kier molecular flexibility index (Phi) is 6.53. The summed E-state index contributed by atoms with van der Waals surface area (Å²) in [6.45, 7) is 7.14. The second-order valence-corrected chi connectivity index (χ2v) is 7.32. The molecule has 28 heavy (non-hydrogen) atoms. The van der Waals surface area contributed by atoms with Crippen LogP contribution in [0.15, 0.2) is 47.6 Å². The van der Waals surface area contributed by atoms with Gasteiger partial charge in [0, 0.05) is 11.8 Å². The molecule has 1 amide bonds. The third kappa shape index (κ3) is 5.49. The number of ether oxygens (including phenoxy) is 3. The lowest BCUT2D eigenvalue weighted by molar-refractivity contribution is 0.0955. The van der Waals surface area contributed by atoms with Crippen LogP contribution in [0, 0.1) is 11.8 Å². The molecule has 3 rings (SSSR count). The van der Waals surface area contributed by atoms with Crippen LogP contribution >= 0.6 is 0 Å². The molecule has 1 aliphatic heterocycles. The molecule has 0 fully saturated rings. The molecule has 6 heteroatoms. The van der Waals surface area contributed by atoms with Gasteiger partial charge in [-0.25, -0.2) is 5.43 Å². The van der Waals surface area contributed by atoms with Crippen LogP contribution in [0.3, 0.4) is 0 Å². The van der Waals surface area contributed by atoms with Gasteiger partial charge in [0.05, 0.1) is 6.61 Å². The van der Waals surface area contributed by atoms with Crippen molar-refractivity contribution in [2.75, 3.05) is 13.4 Å². The van der Waals surface area contributed by atoms with Crippen LogP contribution in [0.5, 0.6) is 17.2 Å². The number of hydrogen-bond acceptors (Lipinski definition) is 5. The van der Waals surface area contributed by atoms with Gasteiger partial charge in [-0.3, -0.25) is 4.79 Å². The van der Waals surface area contributed by atoms with Crippen molar-refractivity contribution in [3.63, 3.8) is 0 Å². The minimum Gasteiger partial charge on any atom is -0.493 e. The highest BCUT2D eigenvalue weighted by Crippen LogP contribution is 2.32. The van der Waals surface area contributed by atoms with Gasteiger partial charge in [-0.1, -0.05) is 26.8 Å². The van der Waals surface area contributed by atoms with Crippen molar-refractivity contribution >= 4 is 12.1 Å². The molecule has 0 saturated carbocycles. The average molecular weight is 382 g/mol. The van der Waals surface area contributed by atoms with E-state index in [9.17, 15) is 4.79 Å². The van der Waals surface area contributed by atoms with Crippen molar-refractivity contribution in [1.29, 1.82) is 0 Å². The topological polar surface area (TPSA) is 69.2 Å². The van der Waals surface area contributed by atoms with E-state index in [0.717, 1.165) is 29.2 Å². The molecular formula is C22H26N2O4. The third-order valence-corrected chi connectivity index (χ3v) is 4.19. The van der Waals surface area contributed by atoms with Gasteiger partial charge in [0.2, 0.25) is 6.79 Å². The summed E-state index contributed by atoms with van der Waals surface area (Å²) < 4.78 is 16.3. The second-order valence-electron chi connectivity index (χ2n) is 7.32. The molecule has 148 valence electrons. The standard InChI is InChI=1S/C22H26N2O4/c1-15(2)13-26-19-7-5-18(6-8-19)22(25)24-23-12-16(3)10-17-4-9-20-21(11-17)28-14-27-20/h4-9,11-12,15-16H,10,13-14H2,1-3H3,(H,24,25)/b23-12-/t16-/m0/s1. The molecule has 1 heterocycles. The van der Waals surface area contributed by atoms with Crippen molar-refractivity contribution < 1.29 is 19.0 Å². The van der Waals surface area contributed by atoms with Gasteiger partial charge in [-0.2, -0.15) is 5.10 Å². The highest BCUT2D eigenvalue weighted by molar-refractivity contribution is 5.94. The van der Waals surface area contributed by atoms with E-state index in [4.69, 9.17) is 14.2 Å². The number of fused-ring (bicyclic) bond motifs is 1. The predicted octanol–water partition coefficient (Wildman–Crippen LogP) is 4.04. The van der Waals surface area contributed by atoms with E-state index in [1.807, 2.05) is 25.1 Å². The monoisotopic (exact) mass is 382 g/mol. The summed E-state index contributed by atoms with van der Waals surface area (Å²) in [7, 11) is 0. The third-order valence-electron chi connectivity index (χ3n) is 4.19. The smallest absolute Gasteiger partial charge is 0.271 e. The molecule has 0 radical (unpaired) electrons. The minimum absolute atomic E-state index is 0.160. The van der Waals surface area contributed by atoms with Crippen LogP contribution in [0.4, 0.5) is 0 Å². The van der Waals surface area contributed by atoms with Crippen LogP contribution in [0.1, 0.15) is 36.7 Å². The normalized spacial score (nSPS) is 13.7. The molecule has 2 aromatic rings. The number of rotatable bonds is 8. The number of amides is 1. The maximum atomic E-state index is 12.2. The molecular weight excluding hydrogens is 356 g/mol. The van der Waals surface area contributed by atoms with E-state index >= 15 is 0 Å². The van der Waals surface area contributed by atoms with Gasteiger partial charge in [0.25, 0.3) is 5.91 Å². The minimum atomic E-state index is -0.248. The molecule has 0 unspecified atom stereocenters. The lowest BCUT2D eigenvalue weighted by Crippen LogP contribution is -2.18. The number of carbonyl (C=O) groups excluding carboxylic acids is 1. The Bertz CT molecular complexity index is 831. The first-order valence-electron chi connectivity index (χ1n) is 9.46. The second kappa shape index (κ2) is 9.26. The first-order valence-corrected chi connectivity index (χ1v) is 9.46. The molecule has 0 saturated heterocycles. The first-order chi connectivity index (χ1) is 13.5. The van der Waals surface area contributed by atoms with E-state index in [2.05, 4.69) is 24.4 Å². The van der Waals surface area contributed by atoms with Crippen molar-refractivity contribution in [3.8, 4) is 17.2 Å². The van der Waals surface area contributed by atoms with Gasteiger partial charge < -0.3 is 14.2 Å². The van der Waals surface area contributed by atoms with Gasteiger partial charge in [0.15, 0.2) is 11.5 Å². The summed E-state index contributed by atoms with van der Waals surface area (Å²) in [5.74, 6) is 2.67. The van der Waals surface area contributed by atoms with E-state index < -0.39 is 0 Å². The van der Waals surface area contributed by atoms with Crippen molar-refractivity contribution in [1.82, 2.24) is 5.43 Å². The number of benzene rings is 2. The number of carbonyl (C=O) groups is 1. The zero-order valence-corrected chi connectivity index (χ0v) is 16.5. The van der Waals surface area contributed by atoms with Gasteiger partial charge in [-0.05, 0) is 60.2 Å². The Hall–Kier alpha value is -3.02. The zero-order valence-electron chi connectivity index (χ0n) is 16.5. The SMILES string of the molecule is CC(C)COc1ccc(C(=O)N/N=C\[C@@H](C)Cc2ccc3c(c2)OCO3)cc1. The van der Waals surface area contributed by atoms with Crippen molar-refractivity contribution in [2.24, 2.45) is 16.9 Å². The summed E-state index contributed by atoms with van der Waals surface area (Å²) >= 11 is 0. The van der Waals surface area contributed by atoms with Crippen LogP contribution in [-0.4, -0.2) is 25.5 Å². The Labute approximate surface area is 165 Å². The number of hydrogen-bond donors (Lipinski definition) is 1. The highest BCUT2D eigenvalue weighted by Gasteiger charge is 2.14. The predicted molar refractivity (Wildman–Crippen MR) is 108 cm³/mol. The van der Waals surface area contributed by atoms with E-state index in [1.54, 1.807) is 30.5 Å². The Morgan fingerprint density at radius 2 is 1.89 bits per heavy atom. The summed E-state index contributed by atoms with van der Waals surface area (Å²) in [6, 6.07) is 13.0. The summed E-state index contributed by atoms with van der Waals surface area (Å²) in [5.41, 5.74) is 4.24. The molecule has 0 bridgehead atoms. The fraction of sp³-hybridized carbons (Fsp3) is 0.364. The largest absolute Gasteiger partial charge is 0.493 e. The zero-order chi connectivity index (χ0) is 19.9. The van der Waals surface area contributed by atoms with E-state index in [1.165, 1.54) is 0 Å². The highest BCUT2D eigenvalue weighted by atomic mass is 16.7. The lowest BCUT2D eigenvalue weighted by atomic mass is 10.0. The summed E-state index contributed by atoms with van der Waals surface area (Å²) in [5, 5.41) is 4.09. The molecule has 2 aromatic carbocycles. The fourth-order valence-corrected chi connectivity index (χ4v) is 2.75. The number of hydrazone groups is 1. The Morgan fingerprint density at radius 1 is 1.14 bits per heavy atom. The van der Waals surface area contributed by atoms with Gasteiger partial charge in [0.1, 0.15) is 5.75 Å². The number of nitrogens with one attached hydrogen (secondary N) is 1. The lowest BCUT2D eigenvalue weighted by Gasteiger charge is -2.09. The molecule has 0 aromatic heterocycles. The summed E-state index contributed by atoms with van der Waals surface area (Å²) in [6.07, 6.45) is 2.53. The first kappa shape index (κ1) is 19.7. The molecule has 0 aliphatic carbocycles. The maximum absolute atomic E-state index is 12.2.